The van der Waals surface area contributed by atoms with Crippen LogP contribution >= 0.6 is 11.6 Å². The summed E-state index contributed by atoms with van der Waals surface area (Å²) in [7, 11) is 0. The van der Waals surface area contributed by atoms with Crippen LogP contribution in [0.1, 0.15) is 0 Å². The molecule has 0 bridgehead atoms. The summed E-state index contributed by atoms with van der Waals surface area (Å²) in [5.41, 5.74) is 0. The van der Waals surface area contributed by atoms with Crippen LogP contribution in [0.3, 0.4) is 0 Å². The Balaban J connectivity index is 0.000000640. The summed E-state index contributed by atoms with van der Waals surface area (Å²) >= 11 is 5.22. The first kappa shape index (κ1) is 9.10. The van der Waals surface area contributed by atoms with Gasteiger partial charge in [-0.25, -0.2) is 4.98 Å². The van der Waals surface area contributed by atoms with E-state index in [-0.39, 0.29) is 40.9 Å². The molecule has 1 N–H and O–H groups in total. The zero-order valence-electron chi connectivity index (χ0n) is 3.74. The standard InChI is InChI=1S/C3H2ClN3O.Na.H/c4-2-5-1-6-3(8)7-2;;/h1H,(H,5,6,7,8);;. The van der Waals surface area contributed by atoms with Crippen molar-refractivity contribution in [1.29, 1.82) is 0 Å². The first-order chi connectivity index (χ1) is 3.79. The van der Waals surface area contributed by atoms with E-state index in [0.29, 0.717) is 0 Å². The zero-order valence-corrected chi connectivity index (χ0v) is 4.50. The van der Waals surface area contributed by atoms with Crippen molar-refractivity contribution in [1.82, 2.24) is 15.0 Å². The van der Waals surface area contributed by atoms with Crippen LogP contribution in [0.15, 0.2) is 6.33 Å². The summed E-state index contributed by atoms with van der Waals surface area (Å²) < 4.78 is 0. The van der Waals surface area contributed by atoms with Gasteiger partial charge in [0.2, 0.25) is 5.28 Å². The van der Waals surface area contributed by atoms with Gasteiger partial charge in [-0.2, -0.15) is 9.97 Å². The van der Waals surface area contributed by atoms with E-state index in [1.165, 1.54) is 0 Å². The minimum absolute atomic E-state index is 0. The number of halogens is 1. The van der Waals surface area contributed by atoms with Gasteiger partial charge in [0.05, 0.1) is 0 Å². The Morgan fingerprint density at radius 3 is 2.44 bits per heavy atom. The van der Waals surface area contributed by atoms with E-state index in [4.69, 9.17) is 16.7 Å². The molecular formula is C3H3ClN3NaO. The maximum atomic E-state index is 8.47. The Kier molecular flexibility index (Phi) is 4.05. The predicted molar refractivity (Wildman–Crippen MR) is 33.7 cm³/mol. The Morgan fingerprint density at radius 2 is 2.11 bits per heavy atom. The fraction of sp³-hybridized carbons (Fsp3) is 0. The maximum absolute atomic E-state index is 8.47. The van der Waals surface area contributed by atoms with E-state index in [9.17, 15) is 0 Å². The third kappa shape index (κ3) is 2.95. The summed E-state index contributed by atoms with van der Waals surface area (Å²) in [6.07, 6.45) is 1.13. The normalized spacial score (nSPS) is 8.11. The average Bonchev–Trinajstić information content (AvgIpc) is 1.64. The van der Waals surface area contributed by atoms with Gasteiger partial charge in [0.15, 0.2) is 0 Å². The molecule has 0 aliphatic heterocycles. The fourth-order valence-electron chi connectivity index (χ4n) is 0.268. The second kappa shape index (κ2) is 4.00. The van der Waals surface area contributed by atoms with Crippen molar-refractivity contribution in [3.05, 3.63) is 11.6 Å². The molecule has 0 saturated carbocycles. The van der Waals surface area contributed by atoms with Crippen molar-refractivity contribution in [3.8, 4) is 6.01 Å². The van der Waals surface area contributed by atoms with Crippen molar-refractivity contribution in [2.24, 2.45) is 0 Å². The third-order valence-electron chi connectivity index (χ3n) is 0.530. The summed E-state index contributed by atoms with van der Waals surface area (Å²) in [6, 6.07) is -0.356. The first-order valence-electron chi connectivity index (χ1n) is 1.82. The molecular weight excluding hydrogens is 152 g/mol. The molecule has 1 heterocycles. The van der Waals surface area contributed by atoms with Gasteiger partial charge in [-0.3, -0.25) is 0 Å². The number of aromatic hydroxyl groups is 1. The number of hydrogen-bond acceptors (Lipinski definition) is 4. The number of aromatic nitrogens is 3. The molecule has 0 saturated heterocycles. The van der Waals surface area contributed by atoms with Crippen LogP contribution in [0.4, 0.5) is 0 Å². The molecule has 0 spiro atoms. The second-order valence-electron chi connectivity index (χ2n) is 1.05. The molecule has 1 aromatic rings. The number of hydrogen-bond donors (Lipinski definition) is 1. The molecule has 0 fully saturated rings. The quantitative estimate of drug-likeness (QED) is 0.517. The molecule has 1 rings (SSSR count). The van der Waals surface area contributed by atoms with Gasteiger partial charge >= 0.3 is 35.6 Å². The van der Waals surface area contributed by atoms with Gasteiger partial charge < -0.3 is 5.11 Å². The molecule has 0 radical (unpaired) electrons. The topological polar surface area (TPSA) is 58.9 Å². The van der Waals surface area contributed by atoms with Crippen molar-refractivity contribution < 1.29 is 5.11 Å². The Labute approximate surface area is 78.6 Å². The summed E-state index contributed by atoms with van der Waals surface area (Å²) in [5.74, 6) is 0. The molecule has 0 aromatic carbocycles. The van der Waals surface area contributed by atoms with Gasteiger partial charge in [0.1, 0.15) is 6.33 Å². The molecule has 0 unspecified atom stereocenters. The van der Waals surface area contributed by atoms with Crippen molar-refractivity contribution in [2.75, 3.05) is 0 Å². The van der Waals surface area contributed by atoms with E-state index in [1.807, 2.05) is 0 Å². The van der Waals surface area contributed by atoms with Crippen LogP contribution in [-0.4, -0.2) is 49.6 Å². The third-order valence-corrected chi connectivity index (χ3v) is 0.712. The van der Waals surface area contributed by atoms with Crippen LogP contribution in [0.25, 0.3) is 0 Å². The van der Waals surface area contributed by atoms with Gasteiger partial charge in [-0.15, -0.1) is 0 Å². The first-order valence-corrected chi connectivity index (χ1v) is 2.20. The summed E-state index contributed by atoms with van der Waals surface area (Å²) in [5, 5.41) is 8.46. The molecule has 4 nitrogen and oxygen atoms in total. The SMILES string of the molecule is Oc1ncnc(Cl)n1.[NaH]. The fourth-order valence-corrected chi connectivity index (χ4v) is 0.388. The average molecular weight is 156 g/mol. The van der Waals surface area contributed by atoms with Crippen LogP contribution in [0, 0.1) is 0 Å². The molecule has 9 heavy (non-hydrogen) atoms. The zero-order chi connectivity index (χ0) is 5.98. The van der Waals surface area contributed by atoms with Crippen molar-refractivity contribution in [3.63, 3.8) is 0 Å². The molecule has 0 atom stereocenters. The Bertz CT molecular complexity index is 179. The van der Waals surface area contributed by atoms with E-state index >= 15 is 0 Å². The van der Waals surface area contributed by atoms with Gasteiger partial charge in [-0.1, -0.05) is 0 Å². The van der Waals surface area contributed by atoms with Crippen LogP contribution < -0.4 is 0 Å². The molecule has 44 valence electrons. The van der Waals surface area contributed by atoms with E-state index < -0.39 is 0 Å². The minimum atomic E-state index is -0.356. The predicted octanol–water partition coefficient (Wildman–Crippen LogP) is -0.418. The van der Waals surface area contributed by atoms with Crippen LogP contribution in [-0.2, 0) is 0 Å². The summed E-state index contributed by atoms with van der Waals surface area (Å²) in [6.45, 7) is 0. The van der Waals surface area contributed by atoms with Gasteiger partial charge in [0, 0.05) is 0 Å². The van der Waals surface area contributed by atoms with Crippen LogP contribution in [0.5, 0.6) is 6.01 Å². The molecule has 0 aliphatic rings. The molecule has 0 amide bonds. The Hall–Kier alpha value is 0.1000. The van der Waals surface area contributed by atoms with Crippen molar-refractivity contribution in [2.45, 2.75) is 0 Å². The van der Waals surface area contributed by atoms with Gasteiger partial charge in [-0.05, 0) is 11.6 Å². The molecule has 0 aliphatic carbocycles. The molecule has 1 aromatic heterocycles. The van der Waals surface area contributed by atoms with E-state index in [2.05, 4.69) is 15.0 Å². The number of nitrogens with zero attached hydrogens (tertiary/aromatic N) is 3. The summed E-state index contributed by atoms with van der Waals surface area (Å²) in [4.78, 5) is 9.98. The second-order valence-corrected chi connectivity index (χ2v) is 1.39. The Morgan fingerprint density at radius 1 is 1.44 bits per heavy atom. The molecule has 6 heteroatoms. The van der Waals surface area contributed by atoms with Gasteiger partial charge in [0.25, 0.3) is 0 Å². The monoisotopic (exact) mass is 155 g/mol. The van der Waals surface area contributed by atoms with Crippen LogP contribution in [0.2, 0.25) is 5.28 Å². The number of rotatable bonds is 0. The van der Waals surface area contributed by atoms with Crippen molar-refractivity contribution >= 4 is 41.2 Å². The van der Waals surface area contributed by atoms with E-state index in [0.717, 1.165) is 6.33 Å². The van der Waals surface area contributed by atoms with E-state index in [1.54, 1.807) is 0 Å².